The van der Waals surface area contributed by atoms with E-state index in [2.05, 4.69) is 10.3 Å². The number of rotatable bonds is 5. The number of hydrogen-bond donors (Lipinski definition) is 1. The summed E-state index contributed by atoms with van der Waals surface area (Å²) < 4.78 is 13.6. The summed E-state index contributed by atoms with van der Waals surface area (Å²) in [6.07, 6.45) is 6.42. The van der Waals surface area contributed by atoms with Gasteiger partial charge in [0, 0.05) is 50.8 Å². The number of likely N-dealkylation sites (tertiary alicyclic amines) is 1. The second-order valence-electron chi connectivity index (χ2n) is 8.67. The van der Waals surface area contributed by atoms with E-state index in [1.807, 2.05) is 39.9 Å². The molecule has 1 saturated carbocycles. The van der Waals surface area contributed by atoms with Crippen LogP contribution in [0.15, 0.2) is 36.7 Å². The van der Waals surface area contributed by atoms with Crippen LogP contribution in [0, 0.1) is 5.92 Å². The van der Waals surface area contributed by atoms with Gasteiger partial charge in [-0.1, -0.05) is 12.1 Å². The van der Waals surface area contributed by atoms with Gasteiger partial charge in [0.1, 0.15) is 17.2 Å². The van der Waals surface area contributed by atoms with E-state index < -0.39 is 11.7 Å². The standard InChI is InChI=1S/C23H28N4O4/c1-30-18-6-2-16(3-7-18)14-25-20(28)19-15-27-13-10-24-22(27)23(31-19)8-11-26(12-9-23)21(29)17-4-5-17/h2-3,6-7,10,13,17,19H,4-5,8-9,11-12,14-15H2,1H3,(H,25,28). The van der Waals surface area contributed by atoms with E-state index in [4.69, 9.17) is 9.47 Å². The molecule has 1 unspecified atom stereocenters. The zero-order valence-corrected chi connectivity index (χ0v) is 17.8. The van der Waals surface area contributed by atoms with E-state index >= 15 is 0 Å². The largest absolute Gasteiger partial charge is 0.497 e. The number of aromatic nitrogens is 2. The fraction of sp³-hybridized carbons (Fsp3) is 0.522. The topological polar surface area (TPSA) is 85.7 Å². The van der Waals surface area contributed by atoms with Gasteiger partial charge in [-0.15, -0.1) is 0 Å². The van der Waals surface area contributed by atoms with Crippen molar-refractivity contribution >= 4 is 11.8 Å². The molecule has 1 aromatic heterocycles. The normalized spacial score (nSPS) is 22.1. The third kappa shape index (κ3) is 3.92. The van der Waals surface area contributed by atoms with Gasteiger partial charge in [0.25, 0.3) is 5.91 Å². The molecule has 8 nitrogen and oxygen atoms in total. The van der Waals surface area contributed by atoms with Crippen molar-refractivity contribution in [3.63, 3.8) is 0 Å². The molecule has 1 saturated heterocycles. The molecule has 31 heavy (non-hydrogen) atoms. The van der Waals surface area contributed by atoms with Gasteiger partial charge in [0.2, 0.25) is 5.91 Å². The lowest BCUT2D eigenvalue weighted by Crippen LogP contribution is -2.54. The zero-order valence-electron chi connectivity index (χ0n) is 17.8. The van der Waals surface area contributed by atoms with Crippen molar-refractivity contribution in [3.05, 3.63) is 48.0 Å². The average Bonchev–Trinajstić information content (AvgIpc) is 3.54. The second kappa shape index (κ2) is 8.00. The van der Waals surface area contributed by atoms with Crippen LogP contribution in [-0.2, 0) is 33.0 Å². The third-order valence-corrected chi connectivity index (χ3v) is 6.58. The fourth-order valence-electron chi connectivity index (χ4n) is 4.60. The summed E-state index contributed by atoms with van der Waals surface area (Å²) in [5.41, 5.74) is 0.374. The molecule has 2 aliphatic heterocycles. The summed E-state index contributed by atoms with van der Waals surface area (Å²) in [5, 5.41) is 3.00. The van der Waals surface area contributed by atoms with Crippen molar-refractivity contribution in [3.8, 4) is 5.75 Å². The summed E-state index contributed by atoms with van der Waals surface area (Å²) in [4.78, 5) is 31.9. The van der Waals surface area contributed by atoms with Crippen LogP contribution < -0.4 is 10.1 Å². The number of carbonyl (C=O) groups is 2. The smallest absolute Gasteiger partial charge is 0.251 e. The van der Waals surface area contributed by atoms with E-state index in [1.54, 1.807) is 13.3 Å². The number of piperidine rings is 1. The highest BCUT2D eigenvalue weighted by atomic mass is 16.5. The van der Waals surface area contributed by atoms with Gasteiger partial charge < -0.3 is 24.3 Å². The maximum atomic E-state index is 13.0. The SMILES string of the molecule is COc1ccc(CNC(=O)C2Cn3ccnc3C3(CCN(C(=O)C4CC4)CC3)O2)cc1. The van der Waals surface area contributed by atoms with Gasteiger partial charge >= 0.3 is 0 Å². The van der Waals surface area contributed by atoms with Crippen molar-refractivity contribution in [1.29, 1.82) is 0 Å². The molecule has 1 spiro atoms. The Labute approximate surface area is 181 Å². The first-order valence-electron chi connectivity index (χ1n) is 11.0. The van der Waals surface area contributed by atoms with Gasteiger partial charge in [-0.3, -0.25) is 9.59 Å². The molecule has 164 valence electrons. The van der Waals surface area contributed by atoms with Crippen molar-refractivity contribution in [1.82, 2.24) is 19.8 Å². The van der Waals surface area contributed by atoms with Crippen molar-refractivity contribution in [2.24, 2.45) is 5.92 Å². The summed E-state index contributed by atoms with van der Waals surface area (Å²) in [7, 11) is 1.63. The monoisotopic (exact) mass is 424 g/mol. The summed E-state index contributed by atoms with van der Waals surface area (Å²) in [6.45, 7) is 2.15. The van der Waals surface area contributed by atoms with Crippen LogP contribution in [0.25, 0.3) is 0 Å². The van der Waals surface area contributed by atoms with Gasteiger partial charge in [-0.2, -0.15) is 0 Å². The van der Waals surface area contributed by atoms with Crippen LogP contribution in [-0.4, -0.2) is 52.6 Å². The lowest BCUT2D eigenvalue weighted by atomic mass is 9.88. The number of methoxy groups -OCH3 is 1. The molecule has 8 heteroatoms. The molecule has 2 fully saturated rings. The number of amides is 2. The van der Waals surface area contributed by atoms with E-state index in [0.717, 1.165) is 30.0 Å². The van der Waals surface area contributed by atoms with Crippen LogP contribution in [0.1, 0.15) is 37.1 Å². The highest BCUT2D eigenvalue weighted by Gasteiger charge is 2.48. The Morgan fingerprint density at radius 1 is 1.23 bits per heavy atom. The number of hydrogen-bond acceptors (Lipinski definition) is 5. The number of fused-ring (bicyclic) bond motifs is 2. The minimum atomic E-state index is -0.621. The van der Waals surface area contributed by atoms with Crippen molar-refractivity contribution in [2.45, 2.75) is 50.5 Å². The molecular weight excluding hydrogens is 396 g/mol. The third-order valence-electron chi connectivity index (χ3n) is 6.58. The number of nitrogens with one attached hydrogen (secondary N) is 1. The van der Waals surface area contributed by atoms with E-state index in [1.165, 1.54) is 0 Å². The Kier molecular flexibility index (Phi) is 5.17. The average molecular weight is 425 g/mol. The van der Waals surface area contributed by atoms with E-state index in [0.29, 0.717) is 39.0 Å². The van der Waals surface area contributed by atoms with Crippen LogP contribution in [0.3, 0.4) is 0 Å². The fourth-order valence-corrected chi connectivity index (χ4v) is 4.60. The molecule has 2 aromatic rings. The number of nitrogens with zero attached hydrogens (tertiary/aromatic N) is 3. The number of carbonyl (C=O) groups excluding carboxylic acids is 2. The molecule has 1 aromatic carbocycles. The first-order valence-corrected chi connectivity index (χ1v) is 11.0. The molecule has 2 amide bonds. The molecule has 1 atom stereocenters. The first kappa shape index (κ1) is 20.1. The van der Waals surface area contributed by atoms with Crippen LogP contribution >= 0.6 is 0 Å². The zero-order chi connectivity index (χ0) is 21.4. The first-order chi connectivity index (χ1) is 15.1. The predicted octanol–water partition coefficient (Wildman–Crippen LogP) is 1.83. The van der Waals surface area contributed by atoms with Crippen LogP contribution in [0.2, 0.25) is 0 Å². The maximum Gasteiger partial charge on any atom is 0.251 e. The Balaban J connectivity index is 1.25. The van der Waals surface area contributed by atoms with E-state index in [9.17, 15) is 9.59 Å². The summed E-state index contributed by atoms with van der Waals surface area (Å²) in [5.74, 6) is 2.01. The molecule has 3 heterocycles. The molecule has 1 aliphatic carbocycles. The van der Waals surface area contributed by atoms with Crippen molar-refractivity contribution in [2.75, 3.05) is 20.2 Å². The molecular formula is C23H28N4O4. The van der Waals surface area contributed by atoms with Gasteiger partial charge in [0.15, 0.2) is 6.10 Å². The minimum Gasteiger partial charge on any atom is -0.497 e. The minimum absolute atomic E-state index is 0.133. The van der Waals surface area contributed by atoms with Gasteiger partial charge in [-0.05, 0) is 30.5 Å². The summed E-state index contributed by atoms with van der Waals surface area (Å²) >= 11 is 0. The lowest BCUT2D eigenvalue weighted by molar-refractivity contribution is -0.176. The van der Waals surface area contributed by atoms with Gasteiger partial charge in [0.05, 0.1) is 13.7 Å². The Bertz CT molecular complexity index is 958. The predicted molar refractivity (Wildman–Crippen MR) is 112 cm³/mol. The molecule has 0 radical (unpaired) electrons. The number of benzene rings is 1. The number of imidazole rings is 1. The molecule has 1 N–H and O–H groups in total. The van der Waals surface area contributed by atoms with Crippen molar-refractivity contribution < 1.29 is 19.1 Å². The van der Waals surface area contributed by atoms with Crippen LogP contribution in [0.5, 0.6) is 5.75 Å². The lowest BCUT2D eigenvalue weighted by Gasteiger charge is -2.45. The maximum absolute atomic E-state index is 13.0. The second-order valence-corrected chi connectivity index (χ2v) is 8.67. The number of ether oxygens (including phenoxy) is 2. The highest BCUT2D eigenvalue weighted by Crippen LogP contribution is 2.41. The Hall–Kier alpha value is -2.87. The quantitative estimate of drug-likeness (QED) is 0.792. The molecule has 5 rings (SSSR count). The van der Waals surface area contributed by atoms with Crippen LogP contribution in [0.4, 0.5) is 0 Å². The Morgan fingerprint density at radius 3 is 2.65 bits per heavy atom. The highest BCUT2D eigenvalue weighted by molar-refractivity contribution is 5.81. The van der Waals surface area contributed by atoms with E-state index in [-0.39, 0.29) is 17.7 Å². The summed E-state index contributed by atoms with van der Waals surface area (Å²) in [6, 6.07) is 7.62. The molecule has 3 aliphatic rings. The molecule has 0 bridgehead atoms. The Morgan fingerprint density at radius 2 is 1.97 bits per heavy atom. The van der Waals surface area contributed by atoms with Gasteiger partial charge in [-0.25, -0.2) is 4.98 Å².